The van der Waals surface area contributed by atoms with Crippen LogP contribution in [0.5, 0.6) is 0 Å². The molecule has 0 aromatic carbocycles. The summed E-state index contributed by atoms with van der Waals surface area (Å²) in [5.74, 6) is 0.759. The predicted molar refractivity (Wildman–Crippen MR) is 66.1 cm³/mol. The van der Waals surface area contributed by atoms with Crippen LogP contribution >= 0.6 is 0 Å². The van der Waals surface area contributed by atoms with Crippen LogP contribution in [-0.4, -0.2) is 10.7 Å². The van der Waals surface area contributed by atoms with Gasteiger partial charge in [0.05, 0.1) is 5.60 Å². The van der Waals surface area contributed by atoms with E-state index in [1.54, 1.807) is 0 Å². The Balaban J connectivity index is 2.17. The quantitative estimate of drug-likeness (QED) is 0.662. The van der Waals surface area contributed by atoms with Crippen LogP contribution in [-0.2, 0) is 0 Å². The van der Waals surface area contributed by atoms with E-state index in [1.165, 1.54) is 32.1 Å². The molecule has 1 spiro atoms. The summed E-state index contributed by atoms with van der Waals surface area (Å²) in [4.78, 5) is 0. The minimum atomic E-state index is -0.384. The molecule has 1 N–H and O–H groups in total. The van der Waals surface area contributed by atoms with Gasteiger partial charge in [-0.3, -0.25) is 0 Å². The zero-order chi connectivity index (χ0) is 11.8. The lowest BCUT2D eigenvalue weighted by Gasteiger charge is -2.61. The highest BCUT2D eigenvalue weighted by atomic mass is 16.3. The Morgan fingerprint density at radius 1 is 1.00 bits per heavy atom. The van der Waals surface area contributed by atoms with Crippen LogP contribution in [0.4, 0.5) is 0 Å². The first-order chi connectivity index (χ1) is 7.27. The summed E-state index contributed by atoms with van der Waals surface area (Å²) in [6.45, 7) is 9.45. The van der Waals surface area contributed by atoms with Crippen LogP contribution in [0.3, 0.4) is 0 Å². The largest absolute Gasteiger partial charge is 0.389 e. The number of rotatable bonds is 0. The van der Waals surface area contributed by atoms with E-state index < -0.39 is 0 Å². The summed E-state index contributed by atoms with van der Waals surface area (Å²) in [7, 11) is 0. The van der Waals surface area contributed by atoms with Crippen molar-refractivity contribution in [3.05, 3.63) is 0 Å². The zero-order valence-corrected chi connectivity index (χ0v) is 11.3. The molecule has 1 nitrogen and oxygen atoms in total. The van der Waals surface area contributed by atoms with Gasteiger partial charge in [-0.25, -0.2) is 0 Å². The van der Waals surface area contributed by atoms with Crippen molar-refractivity contribution in [2.75, 3.05) is 0 Å². The molecule has 3 aliphatic rings. The van der Waals surface area contributed by atoms with E-state index in [1.807, 2.05) is 0 Å². The monoisotopic (exact) mass is 222 g/mol. The van der Waals surface area contributed by atoms with Crippen LogP contribution in [0.2, 0.25) is 0 Å². The van der Waals surface area contributed by atoms with Crippen LogP contribution in [0.1, 0.15) is 66.2 Å². The Bertz CT molecular complexity index is 330. The van der Waals surface area contributed by atoms with E-state index in [0.717, 1.165) is 12.3 Å². The number of hydrogen-bond acceptors (Lipinski definition) is 1. The second-order valence-electron chi connectivity index (χ2n) is 7.84. The van der Waals surface area contributed by atoms with Crippen molar-refractivity contribution in [2.24, 2.45) is 22.2 Å². The summed E-state index contributed by atoms with van der Waals surface area (Å²) in [6, 6.07) is 0. The molecular weight excluding hydrogens is 196 g/mol. The van der Waals surface area contributed by atoms with E-state index in [2.05, 4.69) is 27.7 Å². The third-order valence-corrected chi connectivity index (χ3v) is 7.03. The first-order valence-corrected chi connectivity index (χ1v) is 6.99. The van der Waals surface area contributed by atoms with Gasteiger partial charge in [0.15, 0.2) is 0 Å². The van der Waals surface area contributed by atoms with E-state index in [0.29, 0.717) is 5.41 Å². The maximum absolute atomic E-state index is 11.4. The minimum Gasteiger partial charge on any atom is -0.389 e. The van der Waals surface area contributed by atoms with Crippen molar-refractivity contribution in [3.8, 4) is 0 Å². The van der Waals surface area contributed by atoms with Crippen LogP contribution in [0.25, 0.3) is 0 Å². The van der Waals surface area contributed by atoms with Crippen molar-refractivity contribution in [2.45, 2.75) is 71.8 Å². The lowest BCUT2D eigenvalue weighted by molar-refractivity contribution is -0.213. The van der Waals surface area contributed by atoms with Gasteiger partial charge >= 0.3 is 0 Å². The number of fused-ring (bicyclic) bond motifs is 1. The fraction of sp³-hybridized carbons (Fsp3) is 1.00. The first kappa shape index (κ1) is 11.1. The lowest BCUT2D eigenvalue weighted by atomic mass is 9.46. The average molecular weight is 222 g/mol. The molecule has 3 fully saturated rings. The predicted octanol–water partition coefficient (Wildman–Crippen LogP) is 3.75. The lowest BCUT2D eigenvalue weighted by Crippen LogP contribution is -2.62. The van der Waals surface area contributed by atoms with Gasteiger partial charge in [-0.1, -0.05) is 27.7 Å². The van der Waals surface area contributed by atoms with Crippen molar-refractivity contribution in [1.82, 2.24) is 0 Å². The van der Waals surface area contributed by atoms with E-state index in [-0.39, 0.29) is 16.4 Å². The Labute approximate surface area is 99.6 Å². The molecule has 0 aromatic rings. The Morgan fingerprint density at radius 2 is 1.69 bits per heavy atom. The molecule has 16 heavy (non-hydrogen) atoms. The number of hydrogen-bond donors (Lipinski definition) is 1. The summed E-state index contributed by atoms with van der Waals surface area (Å²) in [5.41, 5.74) is 0.322. The van der Waals surface area contributed by atoms with Gasteiger partial charge in [-0.15, -0.1) is 0 Å². The molecule has 3 atom stereocenters. The van der Waals surface area contributed by atoms with Crippen LogP contribution in [0, 0.1) is 22.2 Å². The van der Waals surface area contributed by atoms with Crippen molar-refractivity contribution in [3.63, 3.8) is 0 Å². The molecule has 3 aliphatic carbocycles. The molecular formula is C15H26O. The van der Waals surface area contributed by atoms with Gasteiger partial charge in [0, 0.05) is 5.41 Å². The third kappa shape index (κ3) is 0.868. The summed E-state index contributed by atoms with van der Waals surface area (Å²) in [6.07, 6.45) is 7.45. The van der Waals surface area contributed by atoms with E-state index in [4.69, 9.17) is 0 Å². The van der Waals surface area contributed by atoms with E-state index >= 15 is 0 Å². The standard InChI is InChI=1S/C15H26O/c1-12(2)7-5-8-15(16)13(3,4)11-6-9-14(12,15)10-11/h11,16H,5-10H2,1-4H3/t11-,14+,15-/m1/s1. The molecule has 0 amide bonds. The van der Waals surface area contributed by atoms with Crippen molar-refractivity contribution < 1.29 is 5.11 Å². The first-order valence-electron chi connectivity index (χ1n) is 6.99. The van der Waals surface area contributed by atoms with Gasteiger partial charge in [0.1, 0.15) is 0 Å². The second kappa shape index (κ2) is 2.68. The Kier molecular flexibility index (Phi) is 1.86. The molecule has 0 saturated heterocycles. The van der Waals surface area contributed by atoms with Crippen LogP contribution in [0.15, 0.2) is 0 Å². The molecule has 0 aliphatic heterocycles. The van der Waals surface area contributed by atoms with Gasteiger partial charge in [0.2, 0.25) is 0 Å². The number of aliphatic hydroxyl groups is 1. The van der Waals surface area contributed by atoms with E-state index in [9.17, 15) is 5.11 Å². The zero-order valence-electron chi connectivity index (χ0n) is 11.3. The van der Waals surface area contributed by atoms with Crippen molar-refractivity contribution in [1.29, 1.82) is 0 Å². The maximum Gasteiger partial charge on any atom is 0.0762 e. The molecule has 92 valence electrons. The van der Waals surface area contributed by atoms with Crippen LogP contribution < -0.4 is 0 Å². The highest BCUT2D eigenvalue weighted by Crippen LogP contribution is 2.76. The Morgan fingerprint density at radius 3 is 2.31 bits per heavy atom. The molecule has 0 radical (unpaired) electrons. The molecule has 3 saturated carbocycles. The van der Waals surface area contributed by atoms with Gasteiger partial charge in [-0.05, 0) is 55.3 Å². The molecule has 2 bridgehead atoms. The summed E-state index contributed by atoms with van der Waals surface area (Å²) >= 11 is 0. The normalized spacial score (nSPS) is 52.7. The van der Waals surface area contributed by atoms with Crippen molar-refractivity contribution >= 4 is 0 Å². The third-order valence-electron chi connectivity index (χ3n) is 7.03. The summed E-state index contributed by atoms with van der Waals surface area (Å²) in [5, 5.41) is 11.4. The smallest absolute Gasteiger partial charge is 0.0762 e. The highest BCUT2D eigenvalue weighted by molar-refractivity contribution is 5.24. The highest BCUT2D eigenvalue weighted by Gasteiger charge is 2.74. The second-order valence-corrected chi connectivity index (χ2v) is 7.84. The molecule has 3 rings (SSSR count). The SMILES string of the molecule is CC1(C)CCC[C@@]2(O)C(C)(C)[C@@H]3CC[C@]12C3. The fourth-order valence-corrected chi connectivity index (χ4v) is 5.75. The minimum absolute atomic E-state index is 0.142. The Hall–Kier alpha value is -0.0400. The molecule has 0 unspecified atom stereocenters. The summed E-state index contributed by atoms with van der Waals surface area (Å²) < 4.78 is 0. The average Bonchev–Trinajstić information content (AvgIpc) is 2.66. The fourth-order valence-electron chi connectivity index (χ4n) is 5.75. The van der Waals surface area contributed by atoms with Gasteiger partial charge in [-0.2, -0.15) is 0 Å². The van der Waals surface area contributed by atoms with Gasteiger partial charge < -0.3 is 5.11 Å². The topological polar surface area (TPSA) is 20.2 Å². The molecule has 0 heterocycles. The van der Waals surface area contributed by atoms with Gasteiger partial charge in [0.25, 0.3) is 0 Å². The molecule has 0 aromatic heterocycles. The maximum atomic E-state index is 11.4. The molecule has 1 heteroatoms.